The molecule has 7 heteroatoms. The maximum Gasteiger partial charge on any atom is 0.183 e. The van der Waals surface area contributed by atoms with Crippen molar-refractivity contribution in [2.24, 2.45) is 11.8 Å². The molecule has 0 amide bonds. The molecule has 0 radical (unpaired) electrons. The number of hydrogen-bond acceptors (Lipinski definition) is 5. The average molecular weight is 458 g/mol. The van der Waals surface area contributed by atoms with Gasteiger partial charge in [-0.2, -0.15) is 5.26 Å². The molecule has 0 saturated heterocycles. The molecule has 7 nitrogen and oxygen atoms in total. The predicted octanol–water partition coefficient (Wildman–Crippen LogP) is 5.44. The summed E-state index contributed by atoms with van der Waals surface area (Å²) >= 11 is 0. The van der Waals surface area contributed by atoms with E-state index in [9.17, 15) is 5.26 Å². The molecule has 2 saturated carbocycles. The van der Waals surface area contributed by atoms with Crippen LogP contribution in [0.15, 0.2) is 73.2 Å². The van der Waals surface area contributed by atoms with Gasteiger partial charge in [0.25, 0.3) is 0 Å². The lowest BCUT2D eigenvalue weighted by atomic mass is 9.77. The van der Waals surface area contributed by atoms with Crippen molar-refractivity contribution < 1.29 is 0 Å². The summed E-state index contributed by atoms with van der Waals surface area (Å²) in [5.41, 5.74) is 4.33. The smallest absolute Gasteiger partial charge is 0.183 e. The molecule has 0 bridgehead atoms. The van der Waals surface area contributed by atoms with Crippen molar-refractivity contribution in [1.29, 1.82) is 5.26 Å². The first kappa shape index (κ1) is 20.1. The van der Waals surface area contributed by atoms with Gasteiger partial charge in [-0.15, -0.1) is 5.10 Å². The van der Waals surface area contributed by atoms with Gasteiger partial charge < -0.3 is 0 Å². The lowest BCUT2D eigenvalue weighted by Gasteiger charge is -2.29. The van der Waals surface area contributed by atoms with Gasteiger partial charge in [0.05, 0.1) is 28.4 Å². The van der Waals surface area contributed by atoms with E-state index < -0.39 is 0 Å². The Labute approximate surface area is 202 Å². The molecule has 2 fully saturated rings. The minimum absolute atomic E-state index is 0.393. The molecule has 3 atom stereocenters. The zero-order chi connectivity index (χ0) is 23.4. The molecule has 170 valence electrons. The number of imidazole rings is 1. The highest BCUT2D eigenvalue weighted by atomic mass is 15.4. The van der Waals surface area contributed by atoms with Gasteiger partial charge in [0, 0.05) is 17.7 Å². The third kappa shape index (κ3) is 3.33. The van der Waals surface area contributed by atoms with Crippen LogP contribution in [0.3, 0.4) is 0 Å². The summed E-state index contributed by atoms with van der Waals surface area (Å²) in [6.45, 7) is 0. The van der Waals surface area contributed by atoms with Crippen LogP contribution in [-0.2, 0) is 0 Å². The van der Waals surface area contributed by atoms with Gasteiger partial charge >= 0.3 is 0 Å². The lowest BCUT2D eigenvalue weighted by molar-refractivity contribution is 0.219. The number of rotatable bonds is 4. The average Bonchev–Trinajstić information content (AvgIpc) is 3.60. The molecule has 3 aromatic heterocycles. The van der Waals surface area contributed by atoms with Gasteiger partial charge in [0.1, 0.15) is 18.0 Å². The van der Waals surface area contributed by atoms with Crippen molar-refractivity contribution in [3.05, 3.63) is 84.6 Å². The van der Waals surface area contributed by atoms with E-state index in [4.69, 9.17) is 15.1 Å². The van der Waals surface area contributed by atoms with Crippen LogP contribution in [0.4, 0.5) is 0 Å². The predicted molar refractivity (Wildman–Crippen MR) is 132 cm³/mol. The molecule has 5 aromatic rings. The minimum atomic E-state index is 0.393. The Morgan fingerprint density at radius 1 is 0.914 bits per heavy atom. The molecular formula is C28H23N7. The Morgan fingerprint density at radius 3 is 2.54 bits per heavy atom. The Morgan fingerprint density at radius 2 is 1.77 bits per heavy atom. The van der Waals surface area contributed by atoms with Gasteiger partial charge in [-0.25, -0.2) is 19.6 Å². The molecule has 0 spiro atoms. The molecule has 0 N–H and O–H groups in total. The summed E-state index contributed by atoms with van der Waals surface area (Å²) in [6, 6.07) is 21.9. The molecule has 2 aromatic carbocycles. The minimum Gasteiger partial charge on any atom is -0.283 e. The normalized spacial score (nSPS) is 20.9. The summed E-state index contributed by atoms with van der Waals surface area (Å²) in [4.78, 5) is 14.2. The summed E-state index contributed by atoms with van der Waals surface area (Å²) in [5, 5.41) is 14.3. The fourth-order valence-electron chi connectivity index (χ4n) is 5.71. The number of nitrogens with zero attached hydrogens (tertiary/aromatic N) is 7. The zero-order valence-electron chi connectivity index (χ0n) is 19.1. The summed E-state index contributed by atoms with van der Waals surface area (Å²) in [5.74, 6) is 4.50. The van der Waals surface area contributed by atoms with Crippen molar-refractivity contribution in [1.82, 2.24) is 29.3 Å². The van der Waals surface area contributed by atoms with E-state index in [1.165, 1.54) is 25.7 Å². The van der Waals surface area contributed by atoms with Crippen LogP contribution < -0.4 is 0 Å². The summed E-state index contributed by atoms with van der Waals surface area (Å²) in [6.07, 6.45) is 8.64. The third-order valence-electron chi connectivity index (χ3n) is 7.67. The molecule has 1 unspecified atom stereocenters. The Balaban J connectivity index is 1.28. The second-order valence-electron chi connectivity index (χ2n) is 9.64. The number of pyridine rings is 1. The maximum atomic E-state index is 9.41. The maximum absolute atomic E-state index is 9.41. The van der Waals surface area contributed by atoms with Crippen LogP contribution in [0, 0.1) is 23.2 Å². The fraction of sp³-hybridized carbons (Fsp3) is 0.250. The van der Waals surface area contributed by atoms with Gasteiger partial charge in [-0.05, 0) is 80.0 Å². The van der Waals surface area contributed by atoms with Gasteiger partial charge in [-0.1, -0.05) is 18.2 Å². The van der Waals surface area contributed by atoms with E-state index in [0.29, 0.717) is 17.3 Å². The van der Waals surface area contributed by atoms with E-state index >= 15 is 0 Å². The quantitative estimate of drug-likeness (QED) is 0.359. The van der Waals surface area contributed by atoms with Crippen molar-refractivity contribution in [2.75, 3.05) is 0 Å². The molecule has 2 aliphatic rings. The molecule has 3 heterocycles. The number of benzene rings is 2. The molecule has 35 heavy (non-hydrogen) atoms. The molecule has 7 rings (SSSR count). The number of fused-ring (bicyclic) bond motifs is 2. The first-order chi connectivity index (χ1) is 17.3. The van der Waals surface area contributed by atoms with Crippen molar-refractivity contribution >= 4 is 11.0 Å². The highest BCUT2D eigenvalue weighted by Crippen LogP contribution is 2.52. The van der Waals surface area contributed by atoms with E-state index in [1.807, 2.05) is 76.1 Å². The molecular weight excluding hydrogens is 434 g/mol. The second-order valence-corrected chi connectivity index (χ2v) is 9.64. The van der Waals surface area contributed by atoms with Crippen molar-refractivity contribution in [3.63, 3.8) is 0 Å². The van der Waals surface area contributed by atoms with Crippen LogP contribution in [-0.4, -0.2) is 29.3 Å². The standard InChI is InChI=1S/C28H23N7/c29-15-18-4-3-5-23(12-18)35-28(22-13-19-8-9-20(19)14-22)32-27(33-35)21-10-11-26(30-16-21)34-17-31-24-6-1-2-7-25(24)34/h1-7,10-12,16-17,19-20,22H,8-9,13-14H2/t19-,20+,22?. The number of nitriles is 1. The van der Waals surface area contributed by atoms with E-state index in [1.54, 1.807) is 6.33 Å². The SMILES string of the molecule is N#Cc1cccc(-n2nc(-c3ccc(-n4cnc5ccccc54)nc3)nc2C2C[C@H]3CC[C@H]3C2)c1. The highest BCUT2D eigenvalue weighted by molar-refractivity contribution is 5.76. The van der Waals surface area contributed by atoms with Crippen molar-refractivity contribution in [3.8, 4) is 29.0 Å². The van der Waals surface area contributed by atoms with E-state index in [-0.39, 0.29) is 0 Å². The van der Waals surface area contributed by atoms with E-state index in [2.05, 4.69) is 11.1 Å². The van der Waals surface area contributed by atoms with Crippen molar-refractivity contribution in [2.45, 2.75) is 31.6 Å². The van der Waals surface area contributed by atoms with Crippen LogP contribution in [0.1, 0.15) is 43.0 Å². The van der Waals surface area contributed by atoms with Gasteiger partial charge in [-0.3, -0.25) is 4.57 Å². The fourth-order valence-corrected chi connectivity index (χ4v) is 5.71. The van der Waals surface area contributed by atoms with Gasteiger partial charge in [0.15, 0.2) is 5.82 Å². The lowest BCUT2D eigenvalue weighted by Crippen LogP contribution is -2.18. The Hall–Kier alpha value is -4.31. The number of hydrogen-bond donors (Lipinski definition) is 0. The van der Waals surface area contributed by atoms with Crippen LogP contribution >= 0.6 is 0 Å². The number of para-hydroxylation sites is 2. The van der Waals surface area contributed by atoms with E-state index in [0.717, 1.165) is 45.8 Å². The summed E-state index contributed by atoms with van der Waals surface area (Å²) in [7, 11) is 0. The first-order valence-corrected chi connectivity index (χ1v) is 12.1. The largest absolute Gasteiger partial charge is 0.283 e. The Kier molecular flexibility index (Phi) is 4.52. The second kappa shape index (κ2) is 7.88. The molecule has 2 aliphatic carbocycles. The Bertz CT molecular complexity index is 1580. The molecule has 0 aliphatic heterocycles. The first-order valence-electron chi connectivity index (χ1n) is 12.1. The monoisotopic (exact) mass is 457 g/mol. The highest BCUT2D eigenvalue weighted by Gasteiger charge is 2.42. The topological polar surface area (TPSA) is 85.2 Å². The third-order valence-corrected chi connectivity index (χ3v) is 7.67. The summed E-state index contributed by atoms with van der Waals surface area (Å²) < 4.78 is 3.93. The van der Waals surface area contributed by atoms with Crippen LogP contribution in [0.5, 0.6) is 0 Å². The van der Waals surface area contributed by atoms with Gasteiger partial charge in [0.2, 0.25) is 0 Å². The zero-order valence-corrected chi connectivity index (χ0v) is 19.1. The van der Waals surface area contributed by atoms with Crippen LogP contribution in [0.25, 0.3) is 33.9 Å². The van der Waals surface area contributed by atoms with Crippen LogP contribution in [0.2, 0.25) is 0 Å². The number of aromatic nitrogens is 6.